The SMILES string of the molecule is Nc1ccccc1CC(=O)Nc1ccc(C(F)(F)F)cc1. The van der Waals surface area contributed by atoms with Gasteiger partial charge in [-0.2, -0.15) is 13.2 Å². The lowest BCUT2D eigenvalue weighted by Gasteiger charge is -2.09. The van der Waals surface area contributed by atoms with Crippen molar-refractivity contribution in [2.24, 2.45) is 0 Å². The molecule has 2 rings (SSSR count). The first-order chi connectivity index (χ1) is 9.86. The summed E-state index contributed by atoms with van der Waals surface area (Å²) in [6.45, 7) is 0. The van der Waals surface area contributed by atoms with Crippen molar-refractivity contribution in [3.8, 4) is 0 Å². The Hall–Kier alpha value is -2.50. The number of carbonyl (C=O) groups is 1. The summed E-state index contributed by atoms with van der Waals surface area (Å²) < 4.78 is 37.2. The maximum Gasteiger partial charge on any atom is 0.416 e. The summed E-state index contributed by atoms with van der Waals surface area (Å²) in [5.74, 6) is -0.340. The second kappa shape index (κ2) is 5.87. The summed E-state index contributed by atoms with van der Waals surface area (Å²) >= 11 is 0. The standard InChI is InChI=1S/C15H13F3N2O/c16-15(17,18)11-5-7-12(8-6-11)20-14(21)9-10-3-1-2-4-13(10)19/h1-8H,9,19H2,(H,20,21). The Labute approximate surface area is 119 Å². The first-order valence-corrected chi connectivity index (χ1v) is 6.17. The molecule has 0 fully saturated rings. The third-order valence-corrected chi connectivity index (χ3v) is 2.90. The number of anilines is 2. The summed E-state index contributed by atoms with van der Waals surface area (Å²) in [6.07, 6.45) is -4.32. The van der Waals surface area contributed by atoms with Crippen LogP contribution in [0.3, 0.4) is 0 Å². The number of halogens is 3. The molecule has 110 valence electrons. The van der Waals surface area contributed by atoms with Crippen LogP contribution < -0.4 is 11.1 Å². The predicted octanol–water partition coefficient (Wildman–Crippen LogP) is 3.47. The van der Waals surface area contributed by atoms with Gasteiger partial charge in [-0.25, -0.2) is 0 Å². The van der Waals surface area contributed by atoms with Crippen LogP contribution in [-0.2, 0) is 17.4 Å². The zero-order chi connectivity index (χ0) is 15.5. The van der Waals surface area contributed by atoms with Gasteiger partial charge < -0.3 is 11.1 Å². The fraction of sp³-hybridized carbons (Fsp3) is 0.133. The molecule has 0 atom stereocenters. The van der Waals surface area contributed by atoms with E-state index in [1.165, 1.54) is 12.1 Å². The van der Waals surface area contributed by atoms with Crippen molar-refractivity contribution in [2.45, 2.75) is 12.6 Å². The molecule has 0 aliphatic carbocycles. The van der Waals surface area contributed by atoms with Gasteiger partial charge in [0.15, 0.2) is 0 Å². The van der Waals surface area contributed by atoms with Crippen molar-refractivity contribution in [3.05, 3.63) is 59.7 Å². The number of rotatable bonds is 3. The van der Waals surface area contributed by atoms with Crippen LogP contribution in [0.2, 0.25) is 0 Å². The molecule has 0 unspecified atom stereocenters. The summed E-state index contributed by atoms with van der Waals surface area (Å²) in [5, 5.41) is 2.53. The summed E-state index contributed by atoms with van der Waals surface area (Å²) in [4.78, 5) is 11.8. The van der Waals surface area contributed by atoms with Crippen molar-refractivity contribution in [1.29, 1.82) is 0 Å². The minimum atomic E-state index is -4.39. The van der Waals surface area contributed by atoms with Crippen molar-refractivity contribution in [1.82, 2.24) is 0 Å². The normalized spacial score (nSPS) is 11.2. The smallest absolute Gasteiger partial charge is 0.398 e. The number of alkyl halides is 3. The number of nitrogens with two attached hydrogens (primary N) is 1. The van der Waals surface area contributed by atoms with Crippen molar-refractivity contribution in [3.63, 3.8) is 0 Å². The molecular formula is C15H13F3N2O. The summed E-state index contributed by atoms with van der Waals surface area (Å²) in [6, 6.07) is 11.2. The van der Waals surface area contributed by atoms with E-state index in [2.05, 4.69) is 5.32 Å². The van der Waals surface area contributed by atoms with E-state index in [0.29, 0.717) is 16.9 Å². The second-order valence-electron chi connectivity index (χ2n) is 4.50. The largest absolute Gasteiger partial charge is 0.416 e. The van der Waals surface area contributed by atoms with Crippen LogP contribution in [0, 0.1) is 0 Å². The van der Waals surface area contributed by atoms with Gasteiger partial charge in [-0.15, -0.1) is 0 Å². The molecule has 2 aromatic carbocycles. The molecule has 21 heavy (non-hydrogen) atoms. The number of hydrogen-bond acceptors (Lipinski definition) is 2. The minimum absolute atomic E-state index is 0.0632. The molecule has 0 aliphatic heterocycles. The van der Waals surface area contributed by atoms with Gasteiger partial charge in [-0.1, -0.05) is 18.2 Å². The van der Waals surface area contributed by atoms with Crippen LogP contribution >= 0.6 is 0 Å². The Kier molecular flexibility index (Phi) is 4.16. The van der Waals surface area contributed by atoms with Crippen LogP contribution in [0.5, 0.6) is 0 Å². The van der Waals surface area contributed by atoms with Gasteiger partial charge in [0.1, 0.15) is 0 Å². The van der Waals surface area contributed by atoms with Gasteiger partial charge >= 0.3 is 6.18 Å². The maximum absolute atomic E-state index is 12.4. The molecule has 1 amide bonds. The van der Waals surface area contributed by atoms with Gasteiger partial charge in [0.25, 0.3) is 0 Å². The molecule has 0 aromatic heterocycles. The zero-order valence-corrected chi connectivity index (χ0v) is 10.9. The molecule has 0 heterocycles. The topological polar surface area (TPSA) is 55.1 Å². The highest BCUT2D eigenvalue weighted by Gasteiger charge is 2.29. The number of nitrogens with one attached hydrogen (secondary N) is 1. The highest BCUT2D eigenvalue weighted by Crippen LogP contribution is 2.29. The molecule has 0 bridgehead atoms. The van der Waals surface area contributed by atoms with Gasteiger partial charge in [0.2, 0.25) is 5.91 Å². The van der Waals surface area contributed by atoms with E-state index in [1.807, 2.05) is 0 Å². The van der Waals surface area contributed by atoms with Crippen molar-refractivity contribution < 1.29 is 18.0 Å². The fourth-order valence-corrected chi connectivity index (χ4v) is 1.82. The maximum atomic E-state index is 12.4. The average Bonchev–Trinajstić information content (AvgIpc) is 2.41. The predicted molar refractivity (Wildman–Crippen MR) is 74.6 cm³/mol. The van der Waals surface area contributed by atoms with Crippen LogP contribution in [0.1, 0.15) is 11.1 Å². The van der Waals surface area contributed by atoms with Gasteiger partial charge in [0.05, 0.1) is 12.0 Å². The monoisotopic (exact) mass is 294 g/mol. The number of carbonyl (C=O) groups excluding carboxylic acids is 1. The van der Waals surface area contributed by atoms with Gasteiger partial charge in [-0.05, 0) is 35.9 Å². The minimum Gasteiger partial charge on any atom is -0.398 e. The zero-order valence-electron chi connectivity index (χ0n) is 10.9. The van der Waals surface area contributed by atoms with E-state index >= 15 is 0 Å². The van der Waals surface area contributed by atoms with Crippen molar-refractivity contribution in [2.75, 3.05) is 11.1 Å². The number of amides is 1. The lowest BCUT2D eigenvalue weighted by atomic mass is 10.1. The molecule has 3 N–H and O–H groups in total. The van der Waals surface area contributed by atoms with E-state index in [0.717, 1.165) is 12.1 Å². The van der Waals surface area contributed by atoms with E-state index in [1.54, 1.807) is 24.3 Å². The number of benzene rings is 2. The molecule has 3 nitrogen and oxygen atoms in total. The lowest BCUT2D eigenvalue weighted by molar-refractivity contribution is -0.137. The van der Waals surface area contributed by atoms with Crippen molar-refractivity contribution >= 4 is 17.3 Å². The van der Waals surface area contributed by atoms with E-state index in [4.69, 9.17) is 5.73 Å². The highest BCUT2D eigenvalue weighted by molar-refractivity contribution is 5.93. The van der Waals surface area contributed by atoms with Gasteiger partial charge in [0, 0.05) is 11.4 Å². The first kappa shape index (κ1) is 14.9. The molecule has 0 radical (unpaired) electrons. The third-order valence-electron chi connectivity index (χ3n) is 2.90. The Bertz CT molecular complexity index is 636. The van der Waals surface area contributed by atoms with E-state index < -0.39 is 11.7 Å². The molecule has 0 saturated carbocycles. The lowest BCUT2D eigenvalue weighted by Crippen LogP contribution is -2.15. The Balaban J connectivity index is 2.02. The fourth-order valence-electron chi connectivity index (χ4n) is 1.82. The van der Waals surface area contributed by atoms with Crippen LogP contribution in [0.15, 0.2) is 48.5 Å². The summed E-state index contributed by atoms with van der Waals surface area (Å²) in [5.41, 5.74) is 6.44. The molecular weight excluding hydrogens is 281 g/mol. The molecule has 0 saturated heterocycles. The molecule has 2 aromatic rings. The second-order valence-corrected chi connectivity index (χ2v) is 4.50. The number of hydrogen-bond donors (Lipinski definition) is 2. The first-order valence-electron chi connectivity index (χ1n) is 6.17. The Morgan fingerprint density at radius 3 is 2.24 bits per heavy atom. The Morgan fingerprint density at radius 1 is 1.05 bits per heavy atom. The van der Waals surface area contributed by atoms with E-state index in [9.17, 15) is 18.0 Å². The molecule has 0 spiro atoms. The third kappa shape index (κ3) is 3.98. The highest BCUT2D eigenvalue weighted by atomic mass is 19.4. The van der Waals surface area contributed by atoms with Crippen LogP contribution in [0.4, 0.5) is 24.5 Å². The van der Waals surface area contributed by atoms with Gasteiger partial charge in [-0.3, -0.25) is 4.79 Å². The van der Waals surface area contributed by atoms with E-state index in [-0.39, 0.29) is 12.3 Å². The van der Waals surface area contributed by atoms with Crippen LogP contribution in [-0.4, -0.2) is 5.91 Å². The summed E-state index contributed by atoms with van der Waals surface area (Å²) in [7, 11) is 0. The molecule has 6 heteroatoms. The average molecular weight is 294 g/mol. The number of nitrogen functional groups attached to an aromatic ring is 1. The Morgan fingerprint density at radius 2 is 1.67 bits per heavy atom. The molecule has 0 aliphatic rings. The quantitative estimate of drug-likeness (QED) is 0.852. The van der Waals surface area contributed by atoms with Crippen LogP contribution in [0.25, 0.3) is 0 Å². The number of para-hydroxylation sites is 1.